The fourth-order valence-corrected chi connectivity index (χ4v) is 2.80. The highest BCUT2D eigenvalue weighted by atomic mass is 35.5. The molecule has 21 heavy (non-hydrogen) atoms. The molecule has 1 aromatic carbocycles. The third kappa shape index (κ3) is 4.74. The summed E-state index contributed by atoms with van der Waals surface area (Å²) in [5.74, 6) is -0.0619. The van der Waals surface area contributed by atoms with Crippen molar-refractivity contribution in [1.82, 2.24) is 5.32 Å². The number of anilines is 1. The van der Waals surface area contributed by atoms with E-state index < -0.39 is 0 Å². The summed E-state index contributed by atoms with van der Waals surface area (Å²) < 4.78 is 0. The van der Waals surface area contributed by atoms with E-state index >= 15 is 0 Å². The van der Waals surface area contributed by atoms with Gasteiger partial charge in [-0.25, -0.2) is 0 Å². The molecule has 0 aromatic heterocycles. The molecule has 1 aliphatic rings. The molecule has 0 radical (unpaired) electrons. The van der Waals surface area contributed by atoms with Gasteiger partial charge in [0.15, 0.2) is 0 Å². The highest BCUT2D eigenvalue weighted by Crippen LogP contribution is 2.19. The molecular weight excluding hydrogens is 288 g/mol. The number of hydrogen-bond acceptors (Lipinski definition) is 2. The minimum absolute atomic E-state index is 0.0158. The monoisotopic (exact) mass is 308 g/mol. The Morgan fingerprint density at radius 3 is 2.43 bits per heavy atom. The van der Waals surface area contributed by atoms with Crippen LogP contribution >= 0.6 is 11.6 Å². The van der Waals surface area contributed by atoms with Crippen molar-refractivity contribution in [3.63, 3.8) is 0 Å². The summed E-state index contributed by atoms with van der Waals surface area (Å²) in [5.41, 5.74) is 0.764. The molecule has 0 aliphatic heterocycles. The van der Waals surface area contributed by atoms with Crippen LogP contribution in [-0.2, 0) is 9.59 Å². The van der Waals surface area contributed by atoms with Gasteiger partial charge in [-0.3, -0.25) is 9.59 Å². The van der Waals surface area contributed by atoms with Gasteiger partial charge >= 0.3 is 0 Å². The van der Waals surface area contributed by atoms with Crippen molar-refractivity contribution in [3.8, 4) is 0 Å². The predicted molar refractivity (Wildman–Crippen MR) is 84.5 cm³/mol. The van der Waals surface area contributed by atoms with Crippen LogP contribution in [0.25, 0.3) is 0 Å². The van der Waals surface area contributed by atoms with E-state index in [4.69, 9.17) is 11.6 Å². The van der Waals surface area contributed by atoms with E-state index in [1.54, 1.807) is 29.2 Å². The number of hydrogen-bond donors (Lipinski definition) is 1. The molecular formula is C16H21ClN2O2. The van der Waals surface area contributed by atoms with Gasteiger partial charge in [0.25, 0.3) is 0 Å². The normalized spacial score (nSPS) is 15.0. The Bertz CT molecular complexity index is 496. The van der Waals surface area contributed by atoms with Crippen LogP contribution in [0.3, 0.4) is 0 Å². The van der Waals surface area contributed by atoms with Crippen molar-refractivity contribution in [1.29, 1.82) is 0 Å². The van der Waals surface area contributed by atoms with Crippen molar-refractivity contribution in [2.24, 2.45) is 0 Å². The summed E-state index contributed by atoms with van der Waals surface area (Å²) in [6, 6.07) is 7.38. The maximum atomic E-state index is 11.9. The topological polar surface area (TPSA) is 49.4 Å². The molecule has 5 heteroatoms. The van der Waals surface area contributed by atoms with E-state index in [1.165, 1.54) is 19.8 Å². The summed E-state index contributed by atoms with van der Waals surface area (Å²) in [4.78, 5) is 25.3. The molecule has 2 amide bonds. The van der Waals surface area contributed by atoms with Gasteiger partial charge in [-0.1, -0.05) is 24.4 Å². The number of nitrogens with zero attached hydrogens (tertiary/aromatic N) is 1. The van der Waals surface area contributed by atoms with Gasteiger partial charge in [-0.15, -0.1) is 0 Å². The average Bonchev–Trinajstić information content (AvgIpc) is 2.93. The van der Waals surface area contributed by atoms with E-state index in [1.807, 2.05) is 0 Å². The Labute approximate surface area is 130 Å². The maximum absolute atomic E-state index is 11.9. The molecule has 2 rings (SSSR count). The Kier molecular flexibility index (Phi) is 5.62. The first kappa shape index (κ1) is 15.8. The Balaban J connectivity index is 1.89. The van der Waals surface area contributed by atoms with Gasteiger partial charge in [-0.05, 0) is 37.1 Å². The van der Waals surface area contributed by atoms with Crippen molar-refractivity contribution in [3.05, 3.63) is 29.3 Å². The van der Waals surface area contributed by atoms with Crippen LogP contribution in [0.5, 0.6) is 0 Å². The molecule has 114 valence electrons. The van der Waals surface area contributed by atoms with Crippen LogP contribution in [0, 0.1) is 0 Å². The molecule has 0 saturated heterocycles. The summed E-state index contributed by atoms with van der Waals surface area (Å²) in [6.07, 6.45) is 4.84. The number of amides is 2. The Morgan fingerprint density at radius 1 is 1.24 bits per heavy atom. The number of carbonyl (C=O) groups is 2. The molecule has 4 nitrogen and oxygen atoms in total. The molecule has 1 aromatic rings. The molecule has 0 heterocycles. The van der Waals surface area contributed by atoms with Crippen LogP contribution in [0.4, 0.5) is 5.69 Å². The number of rotatable bonds is 5. The Hall–Kier alpha value is -1.55. The van der Waals surface area contributed by atoms with E-state index in [-0.39, 0.29) is 11.8 Å². The lowest BCUT2D eigenvalue weighted by atomic mass is 10.2. The third-order valence-corrected chi connectivity index (χ3v) is 4.05. The highest BCUT2D eigenvalue weighted by molar-refractivity contribution is 6.30. The van der Waals surface area contributed by atoms with E-state index in [9.17, 15) is 9.59 Å². The van der Waals surface area contributed by atoms with Crippen LogP contribution < -0.4 is 10.2 Å². The second-order valence-corrected chi connectivity index (χ2v) is 5.88. The van der Waals surface area contributed by atoms with E-state index in [2.05, 4.69) is 5.32 Å². The largest absolute Gasteiger partial charge is 0.353 e. The van der Waals surface area contributed by atoms with Crippen LogP contribution in [0.15, 0.2) is 24.3 Å². The smallest absolute Gasteiger partial charge is 0.223 e. The second-order valence-electron chi connectivity index (χ2n) is 5.45. The number of halogens is 1. The molecule has 1 fully saturated rings. The number of carbonyl (C=O) groups excluding carboxylic acids is 2. The fraction of sp³-hybridized carbons (Fsp3) is 0.500. The highest BCUT2D eigenvalue weighted by Gasteiger charge is 2.18. The minimum atomic E-state index is -0.0778. The van der Waals surface area contributed by atoms with E-state index in [0.29, 0.717) is 24.0 Å². The zero-order valence-electron chi connectivity index (χ0n) is 12.3. The lowest BCUT2D eigenvalue weighted by molar-refractivity contribution is -0.121. The first-order valence-corrected chi connectivity index (χ1v) is 7.77. The number of benzene rings is 1. The van der Waals surface area contributed by atoms with Crippen LogP contribution in [0.1, 0.15) is 39.0 Å². The average molecular weight is 309 g/mol. The first-order valence-electron chi connectivity index (χ1n) is 7.39. The third-order valence-electron chi connectivity index (χ3n) is 3.80. The zero-order valence-corrected chi connectivity index (χ0v) is 13.0. The van der Waals surface area contributed by atoms with E-state index in [0.717, 1.165) is 18.5 Å². The summed E-state index contributed by atoms with van der Waals surface area (Å²) in [7, 11) is 0. The zero-order chi connectivity index (χ0) is 15.2. The quantitative estimate of drug-likeness (QED) is 0.908. The van der Waals surface area contributed by atoms with Gasteiger partial charge < -0.3 is 10.2 Å². The van der Waals surface area contributed by atoms with Crippen LogP contribution in [-0.4, -0.2) is 24.4 Å². The number of nitrogens with one attached hydrogen (secondary N) is 1. The van der Waals surface area contributed by atoms with Crippen LogP contribution in [0.2, 0.25) is 5.02 Å². The summed E-state index contributed by atoms with van der Waals surface area (Å²) >= 11 is 5.85. The predicted octanol–water partition coefficient (Wildman–Crippen LogP) is 3.14. The molecule has 0 unspecified atom stereocenters. The van der Waals surface area contributed by atoms with Gasteiger partial charge in [-0.2, -0.15) is 0 Å². The SMILES string of the molecule is CC(=O)N(CCC(=O)NC1CCCC1)c1ccc(Cl)cc1. The lowest BCUT2D eigenvalue weighted by Gasteiger charge is -2.21. The van der Waals surface area contributed by atoms with Crippen molar-refractivity contribution in [2.75, 3.05) is 11.4 Å². The molecule has 0 spiro atoms. The van der Waals surface area contributed by atoms with Crippen molar-refractivity contribution < 1.29 is 9.59 Å². The summed E-state index contributed by atoms with van der Waals surface area (Å²) in [5, 5.41) is 3.66. The molecule has 1 N–H and O–H groups in total. The van der Waals surface area contributed by atoms with Crippen molar-refractivity contribution in [2.45, 2.75) is 45.1 Å². The Morgan fingerprint density at radius 2 is 1.86 bits per heavy atom. The molecule has 1 saturated carbocycles. The van der Waals surface area contributed by atoms with Gasteiger partial charge in [0, 0.05) is 36.6 Å². The molecule has 0 atom stereocenters. The maximum Gasteiger partial charge on any atom is 0.223 e. The van der Waals surface area contributed by atoms with Gasteiger partial charge in [0.05, 0.1) is 0 Å². The molecule has 1 aliphatic carbocycles. The second kappa shape index (κ2) is 7.46. The van der Waals surface area contributed by atoms with Gasteiger partial charge in [0.2, 0.25) is 11.8 Å². The fourth-order valence-electron chi connectivity index (χ4n) is 2.67. The first-order chi connectivity index (χ1) is 10.1. The van der Waals surface area contributed by atoms with Gasteiger partial charge in [0.1, 0.15) is 0 Å². The minimum Gasteiger partial charge on any atom is -0.353 e. The standard InChI is InChI=1S/C16H21ClN2O2/c1-12(20)19(15-8-6-13(17)7-9-15)11-10-16(21)18-14-4-2-3-5-14/h6-9,14H,2-5,10-11H2,1H3,(H,18,21). The van der Waals surface area contributed by atoms with Crippen molar-refractivity contribution >= 4 is 29.1 Å². The molecule has 0 bridgehead atoms. The summed E-state index contributed by atoms with van der Waals surface area (Å²) in [6.45, 7) is 1.89. The lowest BCUT2D eigenvalue weighted by Crippen LogP contribution is -2.37.